The molecule has 2 saturated heterocycles. The van der Waals surface area contributed by atoms with Crippen LogP contribution in [0.5, 0.6) is 0 Å². The van der Waals surface area contributed by atoms with Crippen molar-refractivity contribution in [3.8, 4) is 0 Å². The molecule has 3 aromatic heterocycles. The molecule has 6 aromatic rings. The van der Waals surface area contributed by atoms with Crippen LogP contribution in [0, 0.1) is 11.3 Å². The van der Waals surface area contributed by atoms with Gasteiger partial charge in [-0.05, 0) is 112 Å². The van der Waals surface area contributed by atoms with Crippen LogP contribution in [0.15, 0.2) is 129 Å². The minimum absolute atomic E-state index is 0.00962. The summed E-state index contributed by atoms with van der Waals surface area (Å²) in [7, 11) is 5.28. The second-order valence-corrected chi connectivity index (χ2v) is 36.3. The van der Waals surface area contributed by atoms with E-state index in [1.54, 1.807) is 117 Å². The molecule has 3 aromatic carbocycles. The van der Waals surface area contributed by atoms with Crippen LogP contribution in [0.1, 0.15) is 146 Å². The Morgan fingerprint density at radius 2 is 1.07 bits per heavy atom. The Morgan fingerprint density at radius 3 is 1.67 bits per heavy atom. The van der Waals surface area contributed by atoms with Gasteiger partial charge < -0.3 is 120 Å². The van der Waals surface area contributed by atoms with Gasteiger partial charge in [0.2, 0.25) is 100 Å². The number of fused-ring (bicyclic) bond motifs is 3. The predicted octanol–water partition coefficient (Wildman–Crippen LogP) is -0.245. The number of rotatable bonds is 32. The van der Waals surface area contributed by atoms with Crippen LogP contribution in [0.3, 0.4) is 0 Å². The number of nitrogens with one attached hydrogen (secondary N) is 15. The normalized spacial score (nSPS) is 22.9. The van der Waals surface area contributed by atoms with Crippen LogP contribution >= 0.6 is 11.8 Å². The Bertz CT molecular complexity index is 5240. The van der Waals surface area contributed by atoms with Gasteiger partial charge in [-0.3, -0.25) is 86.9 Å². The van der Waals surface area contributed by atoms with Crippen LogP contribution in [0.4, 0.5) is 0 Å². The second kappa shape index (κ2) is 54.7. The molecule has 138 heavy (non-hydrogen) atoms. The van der Waals surface area contributed by atoms with Gasteiger partial charge in [-0.2, -0.15) is 0 Å². The quantitative estimate of drug-likeness (QED) is 0.0112. The smallest absolute Gasteiger partial charge is 0.246 e. The number of aliphatic hydroxyl groups is 1. The molecule has 0 radical (unpaired) electrons. The molecule has 0 bridgehead atoms. The minimum atomic E-state index is -1.87. The van der Waals surface area contributed by atoms with Crippen molar-refractivity contribution in [3.63, 3.8) is 0 Å². The fourth-order valence-electron chi connectivity index (χ4n) is 16.6. The van der Waals surface area contributed by atoms with Crippen molar-refractivity contribution in [2.75, 3.05) is 72.5 Å². The van der Waals surface area contributed by atoms with Gasteiger partial charge in [0, 0.05) is 119 Å². The number of benzene rings is 3. The number of thioether (sulfide) groups is 1. The topological polar surface area (TPSA) is 621 Å². The number of guanidine groups is 1. The number of amides is 17. The lowest BCUT2D eigenvalue weighted by molar-refractivity contribution is -0.149. The number of primary amides is 2. The zero-order valence-electron chi connectivity index (χ0n) is 79.3. The lowest BCUT2D eigenvalue weighted by Crippen LogP contribution is -2.61. The van der Waals surface area contributed by atoms with Crippen LogP contribution in [0.25, 0.3) is 21.8 Å². The van der Waals surface area contributed by atoms with E-state index in [0.29, 0.717) is 95.6 Å². The van der Waals surface area contributed by atoms with E-state index in [2.05, 4.69) is 91.6 Å². The minimum Gasteiger partial charge on any atom is -0.394 e. The molecular formula is C95H134N24O18S. The largest absolute Gasteiger partial charge is 0.394 e. The predicted molar refractivity (Wildman–Crippen MR) is 517 cm³/mol. The SMILES string of the molecule is C=CCCCCC[C@H]1C(=O)N(C)[C@@H](CCCCCC=C)C(=O)N[C@@H](CCCNC(=N)N)C(=O)N[C@H](C(=O)NCC(N)=O)CSCC(=O)N[C@@H](Cc2ccccc2)C(=O)N(C)[C@@H](C)C(=O)N[C@@H](CC(N)=O)C(=O)N2CCC[C@H]2C(=O)N[C@@H](Cc2cnc[nH]2)C(=O)N[C@@H](CC(C)C)C(=O)N(C)CC(=O)N[C@@H](Cc2c[nH]c3ccccc23)C(=O)N[C@@H](CO)C(=O)N[C@@H](Cc2c[nH]c3ccccc23)C(=O)N1C. The average Bonchev–Trinajstić information content (AvgIpc) is 1.56. The summed E-state index contributed by atoms with van der Waals surface area (Å²) in [6.45, 7) is 9.89. The van der Waals surface area contributed by atoms with Gasteiger partial charge in [-0.25, -0.2) is 4.98 Å². The van der Waals surface area contributed by atoms with Gasteiger partial charge in [0.25, 0.3) is 0 Å². The summed E-state index contributed by atoms with van der Waals surface area (Å²) < 4.78 is 0. The van der Waals surface area contributed by atoms with Crippen molar-refractivity contribution in [1.82, 2.24) is 103 Å². The summed E-state index contributed by atoms with van der Waals surface area (Å²) >= 11 is 0.794. The van der Waals surface area contributed by atoms with E-state index in [4.69, 9.17) is 22.6 Å². The number of unbranched alkanes of at least 4 members (excludes halogenated alkanes) is 6. The van der Waals surface area contributed by atoms with Crippen molar-refractivity contribution in [2.24, 2.45) is 23.1 Å². The first-order valence-corrected chi connectivity index (χ1v) is 47.6. The molecule has 5 heterocycles. The molecule has 0 unspecified atom stereocenters. The first-order chi connectivity index (χ1) is 65.9. The van der Waals surface area contributed by atoms with E-state index in [-0.39, 0.29) is 89.6 Å². The molecule has 2 fully saturated rings. The number of H-pyrrole nitrogens is 3. The number of aromatic nitrogens is 4. The number of carbonyl (C=O) groups excluding carboxylic acids is 17. The maximum absolute atomic E-state index is 15.9. The fourth-order valence-corrected chi connectivity index (χ4v) is 17.5. The zero-order valence-corrected chi connectivity index (χ0v) is 80.1. The van der Waals surface area contributed by atoms with Gasteiger partial charge >= 0.3 is 0 Å². The fraction of sp³-hybridized carbons (Fsp3) is 0.505. The Labute approximate surface area is 805 Å². The summed E-state index contributed by atoms with van der Waals surface area (Å²) in [5.74, 6) is -17.2. The Hall–Kier alpha value is -14.0. The monoisotopic (exact) mass is 1930 g/mol. The standard InChI is InChI=1S/C95H134N24O18S/c1-10-12-14-16-21-36-75-88(131)108-66(35-27-39-101-95(98)99)84(127)114-74(83(126)104-50-79(97)122)53-138-54-81(124)107-70(42-58-29-19-18-20-30-58)91(134)116(7)57(5)82(125)110-72(46-78(96)121)93(136)119-40-28-38-76(119)89(132)109-68(45-61-49-100-55-105-61)86(129)111-69(41-56(3)4)90(133)115(6)51-80(123)106-67(43-59-47-102-64-33-25-23-31-62(59)64)85(128)113-73(52-120)87(130)112-71(44-60-48-103-65-34-26-24-32-63(60)65)92(135)118(9)77(94(137)117(75)8)37-22-17-15-13-11-2/h10-11,18-20,23-26,29-34,47-49,55-57,66-77,102-103,120H,1-2,12-17,21-22,27-28,35-46,50-54H2,3-9H3,(H2,96,121)(H2,97,122)(H,100,105)(H,104,126)(H,106,123)(H,107,124)(H,108,131)(H,109,132)(H,110,125)(H,111,129)(H,112,130)(H,113,128)(H,114,127)(H4,98,99,101)/t57-,66-,67-,68-,69-,70-,71-,72-,73-,74-,75-,76-,77-/m0/s1. The van der Waals surface area contributed by atoms with E-state index in [9.17, 15) is 57.8 Å². The first kappa shape index (κ1) is 109. The van der Waals surface area contributed by atoms with E-state index < -0.39 is 223 Å². The lowest BCUT2D eigenvalue weighted by atomic mass is 9.99. The van der Waals surface area contributed by atoms with Crippen LogP contribution in [-0.4, -0.2) is 307 Å². The Morgan fingerprint density at radius 1 is 0.536 bits per heavy atom. The summed E-state index contributed by atoms with van der Waals surface area (Å²) in [6, 6.07) is 2.72. The molecule has 13 atom stereocenters. The Balaban J connectivity index is 1.21. The molecule has 2 aliphatic rings. The maximum atomic E-state index is 15.9. The van der Waals surface area contributed by atoms with Gasteiger partial charge in [0.1, 0.15) is 78.5 Å². The highest BCUT2D eigenvalue weighted by Gasteiger charge is 2.44. The molecule has 42 nitrogen and oxygen atoms in total. The summed E-state index contributed by atoms with van der Waals surface area (Å²) in [6.07, 6.45) is 11.8. The highest BCUT2D eigenvalue weighted by Crippen LogP contribution is 2.27. The summed E-state index contributed by atoms with van der Waals surface area (Å²) in [5, 5.41) is 49.7. The lowest BCUT2D eigenvalue weighted by Gasteiger charge is -2.36. The van der Waals surface area contributed by atoms with Crippen molar-refractivity contribution < 1.29 is 86.6 Å². The van der Waals surface area contributed by atoms with Crippen LogP contribution in [-0.2, 0) is 107 Å². The first-order valence-electron chi connectivity index (χ1n) is 46.4. The number of likely N-dealkylation sites (N-methyl/N-ethyl adjacent to an activating group) is 4. The third-order valence-corrected chi connectivity index (χ3v) is 25.3. The number of hydrogen-bond acceptors (Lipinski definition) is 21. The van der Waals surface area contributed by atoms with Gasteiger partial charge in [0.05, 0.1) is 38.2 Å². The molecular weight excluding hydrogens is 1800 g/mol. The molecule has 2 aliphatic heterocycles. The molecule has 0 aliphatic carbocycles. The van der Waals surface area contributed by atoms with E-state index in [1.165, 1.54) is 57.4 Å². The van der Waals surface area contributed by atoms with E-state index >= 15 is 28.8 Å². The molecule has 43 heteroatoms. The molecule has 748 valence electrons. The van der Waals surface area contributed by atoms with E-state index in [0.717, 1.165) is 26.5 Å². The number of aliphatic hydroxyl groups excluding tert-OH is 1. The molecule has 8 rings (SSSR count). The highest BCUT2D eigenvalue weighted by atomic mass is 32.2. The number of allylic oxidation sites excluding steroid dienone is 2. The molecule has 17 amide bonds. The highest BCUT2D eigenvalue weighted by molar-refractivity contribution is 8.00. The number of nitrogens with two attached hydrogens (primary N) is 3. The third kappa shape index (κ3) is 32.9. The summed E-state index contributed by atoms with van der Waals surface area (Å²) in [5.41, 5.74) is 20.1. The molecule has 0 spiro atoms. The maximum Gasteiger partial charge on any atom is 0.246 e. The molecule has 22 N–H and O–H groups in total. The number of imidazole rings is 1. The number of para-hydroxylation sites is 2. The Kier molecular flexibility index (Phi) is 43.3. The van der Waals surface area contributed by atoms with Crippen molar-refractivity contribution in [2.45, 2.75) is 228 Å². The van der Waals surface area contributed by atoms with E-state index in [1.807, 2.05) is 0 Å². The van der Waals surface area contributed by atoms with Crippen molar-refractivity contribution in [1.29, 1.82) is 5.41 Å². The average molecular weight is 1930 g/mol. The molecule has 0 saturated carbocycles. The second-order valence-electron chi connectivity index (χ2n) is 35.2. The number of hydrogen-bond donors (Lipinski definition) is 19. The van der Waals surface area contributed by atoms with Crippen LogP contribution in [0.2, 0.25) is 0 Å². The zero-order chi connectivity index (χ0) is 101. The van der Waals surface area contributed by atoms with Crippen LogP contribution < -0.4 is 75.7 Å². The number of nitrogens with zero attached hydrogens (tertiary/aromatic N) is 6. The number of carbonyl (C=O) groups is 17. The van der Waals surface area contributed by atoms with Gasteiger partial charge in [-0.1, -0.05) is 118 Å². The number of aromatic amines is 3. The van der Waals surface area contributed by atoms with Crippen molar-refractivity contribution in [3.05, 3.63) is 151 Å². The van der Waals surface area contributed by atoms with Crippen molar-refractivity contribution >= 4 is 140 Å². The van der Waals surface area contributed by atoms with Gasteiger partial charge in [-0.15, -0.1) is 24.9 Å². The van der Waals surface area contributed by atoms with Gasteiger partial charge in [0.15, 0.2) is 5.96 Å². The summed E-state index contributed by atoms with van der Waals surface area (Å²) in [4.78, 5) is 269. The third-order valence-electron chi connectivity index (χ3n) is 24.2.